The number of hydrogen-bond acceptors (Lipinski definition) is 3. The fraction of sp³-hybridized carbons (Fsp3) is 0.118. The first-order chi connectivity index (χ1) is 10.1. The highest BCUT2D eigenvalue weighted by Crippen LogP contribution is 2.24. The Hall–Kier alpha value is -2.75. The predicted molar refractivity (Wildman–Crippen MR) is 80.8 cm³/mol. The molecule has 0 aliphatic rings. The Morgan fingerprint density at radius 1 is 1.05 bits per heavy atom. The lowest BCUT2D eigenvalue weighted by molar-refractivity contribution is -0.130. The minimum Gasteiger partial charge on any atom is -0.508 e. The van der Waals surface area contributed by atoms with Crippen LogP contribution in [0.2, 0.25) is 0 Å². The number of carboxylic acid groups (broad SMARTS) is 1. The fourth-order valence-corrected chi connectivity index (χ4v) is 1.90. The summed E-state index contributed by atoms with van der Waals surface area (Å²) < 4.78 is 5.07. The van der Waals surface area contributed by atoms with Gasteiger partial charge in [-0.3, -0.25) is 0 Å². The second kappa shape index (κ2) is 6.61. The average molecular weight is 284 g/mol. The zero-order chi connectivity index (χ0) is 15.2. The first kappa shape index (κ1) is 14.7. The van der Waals surface area contributed by atoms with Crippen molar-refractivity contribution in [2.45, 2.75) is 6.92 Å². The summed E-state index contributed by atoms with van der Waals surface area (Å²) >= 11 is 0. The van der Waals surface area contributed by atoms with Crippen LogP contribution >= 0.6 is 0 Å². The highest BCUT2D eigenvalue weighted by Gasteiger charge is 2.11. The monoisotopic (exact) mass is 284 g/mol. The third-order valence-corrected chi connectivity index (χ3v) is 2.99. The first-order valence-electron chi connectivity index (χ1n) is 6.56. The highest BCUT2D eigenvalue weighted by molar-refractivity contribution is 6.15. The molecule has 0 aliphatic carbocycles. The van der Waals surface area contributed by atoms with Crippen molar-refractivity contribution in [2.75, 3.05) is 6.61 Å². The predicted octanol–water partition coefficient (Wildman–Crippen LogP) is 3.52. The Morgan fingerprint density at radius 3 is 2.05 bits per heavy atom. The largest absolute Gasteiger partial charge is 0.508 e. The summed E-state index contributed by atoms with van der Waals surface area (Å²) in [6.45, 7) is 2.21. The van der Waals surface area contributed by atoms with Gasteiger partial charge in [0.15, 0.2) is 0 Å². The van der Waals surface area contributed by atoms with E-state index in [9.17, 15) is 15.0 Å². The van der Waals surface area contributed by atoms with Gasteiger partial charge in [0.05, 0.1) is 12.9 Å². The minimum absolute atomic E-state index is 0.120. The molecule has 2 aromatic carbocycles. The van der Waals surface area contributed by atoms with Gasteiger partial charge in [-0.1, -0.05) is 36.4 Å². The van der Waals surface area contributed by atoms with Crippen LogP contribution in [0.3, 0.4) is 0 Å². The average Bonchev–Trinajstić information content (AvgIpc) is 2.49. The van der Waals surface area contributed by atoms with Crippen molar-refractivity contribution in [3.63, 3.8) is 0 Å². The number of aliphatic carboxylic acids is 1. The van der Waals surface area contributed by atoms with E-state index in [0.717, 1.165) is 11.1 Å². The van der Waals surface area contributed by atoms with Gasteiger partial charge >= 0.3 is 5.97 Å². The third kappa shape index (κ3) is 3.63. The van der Waals surface area contributed by atoms with E-state index in [2.05, 4.69) is 0 Å². The molecule has 0 radical (unpaired) electrons. The Bertz CT molecular complexity index is 639. The molecule has 4 heteroatoms. The molecule has 0 atom stereocenters. The zero-order valence-electron chi connectivity index (χ0n) is 11.6. The first-order valence-corrected chi connectivity index (χ1v) is 6.56. The number of aromatic hydroxyl groups is 1. The van der Waals surface area contributed by atoms with E-state index in [1.165, 1.54) is 6.26 Å². The number of carbonyl (C=O) groups is 1. The molecule has 0 aliphatic heterocycles. The van der Waals surface area contributed by atoms with Gasteiger partial charge in [0.25, 0.3) is 0 Å². The molecule has 0 saturated carbocycles. The number of ether oxygens (including phenoxy) is 1. The van der Waals surface area contributed by atoms with Crippen molar-refractivity contribution >= 4 is 11.5 Å². The summed E-state index contributed by atoms with van der Waals surface area (Å²) in [5.41, 5.74) is 2.59. The third-order valence-electron chi connectivity index (χ3n) is 2.99. The maximum atomic E-state index is 11.2. The molecule has 0 fully saturated rings. The molecule has 0 bridgehead atoms. The van der Waals surface area contributed by atoms with E-state index in [1.54, 1.807) is 43.3 Å². The smallest absolute Gasteiger partial charge is 0.339 e. The lowest BCUT2D eigenvalue weighted by Gasteiger charge is -2.06. The number of hydrogen-bond donors (Lipinski definition) is 2. The van der Waals surface area contributed by atoms with Crippen molar-refractivity contribution in [1.82, 2.24) is 0 Å². The van der Waals surface area contributed by atoms with Crippen LogP contribution in [-0.2, 0) is 9.53 Å². The van der Waals surface area contributed by atoms with Crippen LogP contribution in [0, 0.1) is 0 Å². The standard InChI is InChI=1S/C17H16O4/c1-2-21-11-16(17(19)20)14-5-3-12(4-6-14)13-7-9-15(18)10-8-13/h3-11,18H,2H2,1H3,(H,19,20). The molecular formula is C17H16O4. The van der Waals surface area contributed by atoms with Crippen molar-refractivity contribution in [3.05, 3.63) is 60.4 Å². The van der Waals surface area contributed by atoms with Crippen molar-refractivity contribution < 1.29 is 19.7 Å². The van der Waals surface area contributed by atoms with Crippen LogP contribution in [0.4, 0.5) is 0 Å². The summed E-state index contributed by atoms with van der Waals surface area (Å²) in [4.78, 5) is 11.2. The number of phenolic OH excluding ortho intramolecular Hbond substituents is 1. The summed E-state index contributed by atoms with van der Waals surface area (Å²) in [6.07, 6.45) is 1.26. The van der Waals surface area contributed by atoms with Gasteiger partial charge in [-0.25, -0.2) is 4.79 Å². The molecule has 0 amide bonds. The number of phenols is 1. The molecule has 4 nitrogen and oxygen atoms in total. The Kier molecular flexibility index (Phi) is 4.61. The molecule has 21 heavy (non-hydrogen) atoms. The van der Waals surface area contributed by atoms with Gasteiger partial charge in [-0.2, -0.15) is 0 Å². The fourth-order valence-electron chi connectivity index (χ4n) is 1.90. The summed E-state index contributed by atoms with van der Waals surface area (Å²) in [5.74, 6) is -0.816. The van der Waals surface area contributed by atoms with Gasteiger partial charge in [-0.05, 0) is 35.7 Å². The normalized spacial score (nSPS) is 11.2. The van der Waals surface area contributed by atoms with E-state index in [4.69, 9.17) is 4.74 Å². The van der Waals surface area contributed by atoms with E-state index < -0.39 is 5.97 Å². The number of rotatable bonds is 5. The molecule has 0 heterocycles. The van der Waals surface area contributed by atoms with E-state index in [-0.39, 0.29) is 11.3 Å². The topological polar surface area (TPSA) is 66.8 Å². The Labute approximate surface area is 122 Å². The lowest BCUT2D eigenvalue weighted by Crippen LogP contribution is -2.00. The lowest BCUT2D eigenvalue weighted by atomic mass is 10.0. The second-order valence-electron chi connectivity index (χ2n) is 4.42. The molecule has 0 aromatic heterocycles. The summed E-state index contributed by atoms with van der Waals surface area (Å²) in [7, 11) is 0. The molecule has 0 saturated heterocycles. The highest BCUT2D eigenvalue weighted by atomic mass is 16.5. The number of carboxylic acids is 1. The number of benzene rings is 2. The van der Waals surface area contributed by atoms with Crippen LogP contribution < -0.4 is 0 Å². The maximum absolute atomic E-state index is 11.2. The van der Waals surface area contributed by atoms with Crippen LogP contribution in [0.25, 0.3) is 16.7 Å². The summed E-state index contributed by atoms with van der Waals surface area (Å²) in [5, 5.41) is 18.5. The quantitative estimate of drug-likeness (QED) is 0.651. The van der Waals surface area contributed by atoms with Crippen LogP contribution in [0.1, 0.15) is 12.5 Å². The molecule has 2 aromatic rings. The van der Waals surface area contributed by atoms with E-state index >= 15 is 0 Å². The van der Waals surface area contributed by atoms with Gasteiger partial charge in [0, 0.05) is 0 Å². The SMILES string of the molecule is CCOC=C(C(=O)O)c1ccc(-c2ccc(O)cc2)cc1. The minimum atomic E-state index is -1.03. The van der Waals surface area contributed by atoms with Crippen LogP contribution in [0.15, 0.2) is 54.8 Å². The zero-order valence-corrected chi connectivity index (χ0v) is 11.6. The van der Waals surface area contributed by atoms with Gasteiger partial charge in [0.2, 0.25) is 0 Å². The van der Waals surface area contributed by atoms with Crippen molar-refractivity contribution in [1.29, 1.82) is 0 Å². The van der Waals surface area contributed by atoms with Gasteiger partial charge in [0.1, 0.15) is 11.3 Å². The van der Waals surface area contributed by atoms with Crippen molar-refractivity contribution in [3.8, 4) is 16.9 Å². The Balaban J connectivity index is 2.29. The van der Waals surface area contributed by atoms with Crippen molar-refractivity contribution in [2.24, 2.45) is 0 Å². The van der Waals surface area contributed by atoms with E-state index in [0.29, 0.717) is 12.2 Å². The maximum Gasteiger partial charge on any atom is 0.339 e. The van der Waals surface area contributed by atoms with E-state index in [1.807, 2.05) is 12.1 Å². The van der Waals surface area contributed by atoms with Gasteiger partial charge in [-0.15, -0.1) is 0 Å². The Morgan fingerprint density at radius 2 is 1.57 bits per heavy atom. The molecular weight excluding hydrogens is 268 g/mol. The second-order valence-corrected chi connectivity index (χ2v) is 4.42. The molecule has 2 N–H and O–H groups in total. The molecule has 2 rings (SSSR count). The molecule has 108 valence electrons. The molecule has 0 spiro atoms. The van der Waals surface area contributed by atoms with Gasteiger partial charge < -0.3 is 14.9 Å². The summed E-state index contributed by atoms with van der Waals surface area (Å²) in [6, 6.07) is 14.0. The van der Waals surface area contributed by atoms with Crippen LogP contribution in [-0.4, -0.2) is 22.8 Å². The van der Waals surface area contributed by atoms with Crippen LogP contribution in [0.5, 0.6) is 5.75 Å². The molecule has 0 unspecified atom stereocenters.